The van der Waals surface area contributed by atoms with Crippen LogP contribution in [0.3, 0.4) is 0 Å². The molecule has 0 bridgehead atoms. The summed E-state index contributed by atoms with van der Waals surface area (Å²) >= 11 is 1.27. The molecule has 0 radical (unpaired) electrons. The van der Waals surface area contributed by atoms with Crippen LogP contribution in [0.4, 0.5) is 9.52 Å². The van der Waals surface area contributed by atoms with Crippen LogP contribution in [0.5, 0.6) is 0 Å². The smallest absolute Gasteiger partial charge is 0.243 e. The van der Waals surface area contributed by atoms with Crippen LogP contribution in [-0.4, -0.2) is 34.9 Å². The molecule has 1 unspecified atom stereocenters. The zero-order valence-corrected chi connectivity index (χ0v) is 13.8. The van der Waals surface area contributed by atoms with Crippen molar-refractivity contribution in [3.05, 3.63) is 36.2 Å². The zero-order chi connectivity index (χ0) is 16.3. The summed E-state index contributed by atoms with van der Waals surface area (Å²) in [5.41, 5.74) is 1.69. The molecule has 1 atom stereocenters. The number of thiazole rings is 1. The molecule has 0 saturated carbocycles. The molecule has 0 spiro atoms. The molecule has 0 aliphatic carbocycles. The summed E-state index contributed by atoms with van der Waals surface area (Å²) in [5, 5.41) is 3.30. The predicted molar refractivity (Wildman–Crippen MR) is 89.7 cm³/mol. The van der Waals surface area contributed by atoms with Crippen molar-refractivity contribution in [1.29, 1.82) is 0 Å². The lowest BCUT2D eigenvalue weighted by Crippen LogP contribution is -2.42. The first-order chi connectivity index (χ1) is 10.4. The van der Waals surface area contributed by atoms with Crippen LogP contribution >= 0.6 is 11.3 Å². The maximum atomic E-state index is 13.2. The largest absolute Gasteiger partial charge is 0.301 e. The van der Waals surface area contributed by atoms with Crippen molar-refractivity contribution in [3.8, 4) is 0 Å². The Labute approximate surface area is 133 Å². The van der Waals surface area contributed by atoms with Crippen molar-refractivity contribution >= 4 is 32.6 Å². The van der Waals surface area contributed by atoms with E-state index in [0.29, 0.717) is 17.2 Å². The summed E-state index contributed by atoms with van der Waals surface area (Å²) in [6, 6.07) is 4.11. The minimum absolute atomic E-state index is 0.123. The fraction of sp³-hybridized carbons (Fsp3) is 0.375. The highest BCUT2D eigenvalue weighted by Gasteiger charge is 2.21. The van der Waals surface area contributed by atoms with E-state index >= 15 is 0 Å². The Morgan fingerprint density at radius 2 is 2.27 bits per heavy atom. The number of likely N-dealkylation sites (N-methyl/N-ethyl adjacent to an activating group) is 1. The van der Waals surface area contributed by atoms with Gasteiger partial charge in [0.2, 0.25) is 5.91 Å². The lowest BCUT2D eigenvalue weighted by atomic mass is 10.2. The van der Waals surface area contributed by atoms with E-state index < -0.39 is 0 Å². The Morgan fingerprint density at radius 1 is 1.55 bits per heavy atom. The van der Waals surface area contributed by atoms with Gasteiger partial charge in [-0.25, -0.2) is 9.37 Å². The molecule has 118 valence electrons. The van der Waals surface area contributed by atoms with E-state index in [0.717, 1.165) is 16.8 Å². The number of carbonyl (C=O) groups is 1. The van der Waals surface area contributed by atoms with Gasteiger partial charge in [0.05, 0.1) is 16.3 Å². The Morgan fingerprint density at radius 3 is 2.91 bits per heavy atom. The molecule has 0 fully saturated rings. The molecule has 0 saturated heterocycles. The van der Waals surface area contributed by atoms with Crippen LogP contribution in [0.25, 0.3) is 10.2 Å². The van der Waals surface area contributed by atoms with Gasteiger partial charge in [-0.1, -0.05) is 30.4 Å². The second-order valence-electron chi connectivity index (χ2n) is 5.32. The summed E-state index contributed by atoms with van der Waals surface area (Å²) < 4.78 is 13.9. The molecule has 1 heterocycles. The molecule has 4 nitrogen and oxygen atoms in total. The molecule has 22 heavy (non-hydrogen) atoms. The van der Waals surface area contributed by atoms with Crippen molar-refractivity contribution < 1.29 is 9.18 Å². The topological polar surface area (TPSA) is 45.2 Å². The van der Waals surface area contributed by atoms with Crippen LogP contribution in [0.1, 0.15) is 20.8 Å². The normalized spacial score (nSPS) is 12.6. The van der Waals surface area contributed by atoms with Crippen LogP contribution in [-0.2, 0) is 4.79 Å². The number of benzene rings is 1. The highest BCUT2D eigenvalue weighted by atomic mass is 32.1. The number of fused-ring (bicyclic) bond motifs is 1. The van der Waals surface area contributed by atoms with Crippen LogP contribution in [0.2, 0.25) is 0 Å². The minimum atomic E-state index is -0.305. The van der Waals surface area contributed by atoms with Gasteiger partial charge in [0.1, 0.15) is 5.82 Å². The van der Waals surface area contributed by atoms with E-state index in [2.05, 4.69) is 16.9 Å². The Bertz CT molecular complexity index is 698. The minimum Gasteiger partial charge on any atom is -0.301 e. The number of amides is 1. The maximum absolute atomic E-state index is 13.2. The van der Waals surface area contributed by atoms with Gasteiger partial charge in [0.15, 0.2) is 5.13 Å². The average molecular weight is 321 g/mol. The number of rotatable bonds is 6. The van der Waals surface area contributed by atoms with Crippen LogP contribution < -0.4 is 5.32 Å². The summed E-state index contributed by atoms with van der Waals surface area (Å²) in [6.45, 7) is 11.1. The monoisotopic (exact) mass is 321 g/mol. The Kier molecular flexibility index (Phi) is 5.26. The van der Waals surface area contributed by atoms with E-state index in [-0.39, 0.29) is 17.8 Å². The van der Waals surface area contributed by atoms with E-state index in [1.54, 1.807) is 6.07 Å². The number of hydrogen-bond donors (Lipinski definition) is 1. The second kappa shape index (κ2) is 6.98. The molecule has 1 aromatic carbocycles. The third kappa shape index (κ3) is 3.90. The van der Waals surface area contributed by atoms with Crippen molar-refractivity contribution in [3.63, 3.8) is 0 Å². The van der Waals surface area contributed by atoms with E-state index in [1.807, 2.05) is 25.7 Å². The predicted octanol–water partition coefficient (Wildman–Crippen LogP) is 3.66. The van der Waals surface area contributed by atoms with Gasteiger partial charge in [-0.15, -0.1) is 0 Å². The second-order valence-corrected chi connectivity index (χ2v) is 6.35. The highest BCUT2D eigenvalue weighted by molar-refractivity contribution is 7.22. The molecular weight excluding hydrogens is 301 g/mol. The number of nitrogens with one attached hydrogen (secondary N) is 1. The molecule has 2 rings (SSSR count). The van der Waals surface area contributed by atoms with Crippen molar-refractivity contribution in [2.75, 3.05) is 18.4 Å². The summed E-state index contributed by atoms with van der Waals surface area (Å²) in [4.78, 5) is 18.7. The summed E-state index contributed by atoms with van der Waals surface area (Å²) in [6.07, 6.45) is 0. The third-order valence-electron chi connectivity index (χ3n) is 3.39. The SMILES string of the molecule is C=C(C)CN(CC)C(C)C(=O)Nc1nc2ccc(F)cc2s1. The number of hydrogen-bond acceptors (Lipinski definition) is 4. The maximum Gasteiger partial charge on any atom is 0.243 e. The summed E-state index contributed by atoms with van der Waals surface area (Å²) in [5.74, 6) is -0.427. The van der Waals surface area contributed by atoms with Crippen LogP contribution in [0.15, 0.2) is 30.4 Å². The Hall–Kier alpha value is -1.79. The molecule has 2 aromatic rings. The van der Waals surface area contributed by atoms with Gasteiger partial charge in [-0.05, 0) is 38.6 Å². The molecular formula is C16H20FN3OS. The standard InChI is InChI=1S/C16H20FN3OS/c1-5-20(9-10(2)3)11(4)15(21)19-16-18-13-7-6-12(17)8-14(13)22-16/h6-8,11H,2,5,9H2,1,3-4H3,(H,18,19,21). The molecule has 1 amide bonds. The third-order valence-corrected chi connectivity index (χ3v) is 4.32. The zero-order valence-electron chi connectivity index (χ0n) is 13.0. The quantitative estimate of drug-likeness (QED) is 0.826. The average Bonchev–Trinajstić information content (AvgIpc) is 2.84. The first-order valence-corrected chi connectivity index (χ1v) is 7.97. The summed E-state index contributed by atoms with van der Waals surface area (Å²) in [7, 11) is 0. The number of carbonyl (C=O) groups excluding carboxylic acids is 1. The number of aromatic nitrogens is 1. The highest BCUT2D eigenvalue weighted by Crippen LogP contribution is 2.26. The molecule has 1 aromatic heterocycles. The lowest BCUT2D eigenvalue weighted by molar-refractivity contribution is -0.120. The Balaban J connectivity index is 2.10. The number of halogens is 1. The fourth-order valence-corrected chi connectivity index (χ4v) is 3.09. The molecule has 6 heteroatoms. The first kappa shape index (κ1) is 16.6. The van der Waals surface area contributed by atoms with E-state index in [1.165, 1.54) is 23.5 Å². The van der Waals surface area contributed by atoms with Gasteiger partial charge in [0, 0.05) is 6.54 Å². The van der Waals surface area contributed by atoms with Crippen molar-refractivity contribution in [2.24, 2.45) is 0 Å². The molecule has 1 N–H and O–H groups in total. The lowest BCUT2D eigenvalue weighted by Gasteiger charge is -2.26. The fourth-order valence-electron chi connectivity index (χ4n) is 2.20. The molecule has 0 aliphatic rings. The van der Waals surface area contributed by atoms with Crippen LogP contribution in [0, 0.1) is 5.82 Å². The number of anilines is 1. The van der Waals surface area contributed by atoms with E-state index in [4.69, 9.17) is 0 Å². The van der Waals surface area contributed by atoms with E-state index in [9.17, 15) is 9.18 Å². The van der Waals surface area contributed by atoms with Gasteiger partial charge in [-0.2, -0.15) is 0 Å². The van der Waals surface area contributed by atoms with Gasteiger partial charge in [0.25, 0.3) is 0 Å². The van der Waals surface area contributed by atoms with Gasteiger partial charge >= 0.3 is 0 Å². The molecule has 0 aliphatic heterocycles. The number of nitrogens with zero attached hydrogens (tertiary/aromatic N) is 2. The van der Waals surface area contributed by atoms with Gasteiger partial charge in [-0.3, -0.25) is 9.69 Å². The van der Waals surface area contributed by atoms with Gasteiger partial charge < -0.3 is 5.32 Å². The van der Waals surface area contributed by atoms with Crippen molar-refractivity contribution in [2.45, 2.75) is 26.8 Å². The van der Waals surface area contributed by atoms with Crippen molar-refractivity contribution in [1.82, 2.24) is 9.88 Å². The first-order valence-electron chi connectivity index (χ1n) is 7.16.